The van der Waals surface area contributed by atoms with Crippen LogP contribution in [0.1, 0.15) is 18.1 Å². The summed E-state index contributed by atoms with van der Waals surface area (Å²) in [7, 11) is 1.49. The average molecular weight is 404 g/mol. The van der Waals surface area contributed by atoms with E-state index in [2.05, 4.69) is 5.32 Å². The molecule has 0 aliphatic carbocycles. The van der Waals surface area contributed by atoms with E-state index in [-0.39, 0.29) is 5.91 Å². The molecule has 1 aliphatic rings. The number of furan rings is 1. The maximum Gasteiger partial charge on any atom is 0.330 e. The van der Waals surface area contributed by atoms with Crippen molar-refractivity contribution in [2.45, 2.75) is 18.3 Å². The minimum absolute atomic E-state index is 0.271. The van der Waals surface area contributed by atoms with Gasteiger partial charge in [0.25, 0.3) is 5.91 Å². The molecule has 1 N–H and O–H groups in total. The second-order valence-electron chi connectivity index (χ2n) is 6.00. The molecule has 1 aromatic heterocycles. The number of nitrogens with one attached hydrogen (secondary N) is 1. The van der Waals surface area contributed by atoms with E-state index in [1.54, 1.807) is 36.4 Å². The number of thioether (sulfide) groups is 1. The Balaban J connectivity index is 1.59. The molecule has 0 unspecified atom stereocenters. The highest BCUT2D eigenvalue weighted by Gasteiger charge is 2.43. The Bertz CT molecular complexity index is 854. The van der Waals surface area contributed by atoms with Crippen LogP contribution >= 0.6 is 11.8 Å². The first-order valence-corrected chi connectivity index (χ1v) is 9.59. The summed E-state index contributed by atoms with van der Waals surface area (Å²) in [4.78, 5) is 38.1. The van der Waals surface area contributed by atoms with Crippen LogP contribution < -0.4 is 10.1 Å². The zero-order chi connectivity index (χ0) is 20.1. The van der Waals surface area contributed by atoms with Gasteiger partial charge in [-0.1, -0.05) is 12.1 Å². The Morgan fingerprint density at radius 3 is 2.71 bits per heavy atom. The molecule has 2 atom stereocenters. The molecule has 0 radical (unpaired) electrons. The van der Waals surface area contributed by atoms with Gasteiger partial charge in [-0.15, -0.1) is 11.8 Å². The molecule has 3 rings (SSSR count). The highest BCUT2D eigenvalue weighted by molar-refractivity contribution is 7.99. The van der Waals surface area contributed by atoms with Gasteiger partial charge < -0.3 is 24.1 Å². The van der Waals surface area contributed by atoms with Crippen molar-refractivity contribution < 1.29 is 28.3 Å². The molecular formula is C19H20N2O6S. The third-order valence-corrected chi connectivity index (χ3v) is 5.43. The first kappa shape index (κ1) is 19.8. The fourth-order valence-corrected chi connectivity index (χ4v) is 4.31. The lowest BCUT2D eigenvalue weighted by atomic mass is 10.2. The maximum absolute atomic E-state index is 12.5. The number of anilines is 1. The lowest BCUT2D eigenvalue weighted by Crippen LogP contribution is -2.43. The predicted molar refractivity (Wildman–Crippen MR) is 103 cm³/mol. The third-order valence-electron chi connectivity index (χ3n) is 4.15. The van der Waals surface area contributed by atoms with Crippen LogP contribution in [0.3, 0.4) is 0 Å². The number of ether oxygens (including phenoxy) is 2. The first-order valence-electron chi connectivity index (χ1n) is 8.54. The van der Waals surface area contributed by atoms with Crippen molar-refractivity contribution in [1.29, 1.82) is 0 Å². The second-order valence-corrected chi connectivity index (χ2v) is 7.11. The normalized spacial score (nSPS) is 18.6. The van der Waals surface area contributed by atoms with Crippen LogP contribution in [0.25, 0.3) is 0 Å². The Morgan fingerprint density at radius 2 is 2.04 bits per heavy atom. The van der Waals surface area contributed by atoms with Gasteiger partial charge in [0.1, 0.15) is 22.9 Å². The number of rotatable bonds is 6. The van der Waals surface area contributed by atoms with Crippen molar-refractivity contribution in [3.05, 3.63) is 48.4 Å². The van der Waals surface area contributed by atoms with Crippen molar-refractivity contribution in [3.63, 3.8) is 0 Å². The Labute approximate surface area is 166 Å². The lowest BCUT2D eigenvalue weighted by molar-refractivity contribution is -0.155. The molecular weight excluding hydrogens is 384 g/mol. The van der Waals surface area contributed by atoms with Crippen molar-refractivity contribution in [3.8, 4) is 5.75 Å². The van der Waals surface area contributed by atoms with Gasteiger partial charge in [-0.2, -0.15) is 0 Å². The zero-order valence-electron chi connectivity index (χ0n) is 15.4. The molecule has 1 aliphatic heterocycles. The number of carbonyl (C=O) groups excluding carboxylic acids is 3. The number of carbonyl (C=O) groups is 3. The molecule has 1 aromatic carbocycles. The number of methoxy groups -OCH3 is 1. The minimum atomic E-state index is -0.781. The summed E-state index contributed by atoms with van der Waals surface area (Å²) in [5.41, 5.74) is 0.478. The number of para-hydroxylation sites is 2. The van der Waals surface area contributed by atoms with E-state index in [0.717, 1.165) is 0 Å². The average Bonchev–Trinajstić information content (AvgIpc) is 3.35. The third kappa shape index (κ3) is 4.30. The van der Waals surface area contributed by atoms with Crippen LogP contribution in [0, 0.1) is 0 Å². The van der Waals surface area contributed by atoms with E-state index in [0.29, 0.717) is 22.9 Å². The number of hydrogen-bond acceptors (Lipinski definition) is 7. The van der Waals surface area contributed by atoms with E-state index in [4.69, 9.17) is 13.9 Å². The molecule has 1 saturated heterocycles. The summed E-state index contributed by atoms with van der Waals surface area (Å²) in [6.45, 7) is 0.922. The molecule has 2 heterocycles. The van der Waals surface area contributed by atoms with Crippen molar-refractivity contribution in [2.75, 3.05) is 24.8 Å². The van der Waals surface area contributed by atoms with Gasteiger partial charge in [-0.3, -0.25) is 9.59 Å². The molecule has 148 valence electrons. The number of amides is 2. The van der Waals surface area contributed by atoms with Crippen LogP contribution in [0.5, 0.6) is 5.75 Å². The van der Waals surface area contributed by atoms with Gasteiger partial charge in [0.15, 0.2) is 6.61 Å². The molecule has 0 spiro atoms. The van der Waals surface area contributed by atoms with E-state index in [1.807, 2.05) is 0 Å². The zero-order valence-corrected chi connectivity index (χ0v) is 16.2. The fourth-order valence-electron chi connectivity index (χ4n) is 2.89. The van der Waals surface area contributed by atoms with E-state index >= 15 is 0 Å². The Kier molecular flexibility index (Phi) is 6.25. The van der Waals surface area contributed by atoms with E-state index in [1.165, 1.54) is 37.0 Å². The van der Waals surface area contributed by atoms with E-state index in [9.17, 15) is 14.4 Å². The number of nitrogens with zero attached hydrogens (tertiary/aromatic N) is 1. The molecule has 1 fully saturated rings. The summed E-state index contributed by atoms with van der Waals surface area (Å²) in [6, 6.07) is 9.60. The van der Waals surface area contributed by atoms with Crippen molar-refractivity contribution >= 4 is 35.2 Å². The standard InChI is InChI=1S/C19H20N2O6S/c1-12(22)21-14(11-28-18(21)16-8-5-9-26-16)19(24)27-10-17(23)20-13-6-3-4-7-15(13)25-2/h3-9,14,18H,10-11H2,1-2H3,(H,20,23)/t14-,18+/m1/s1. The van der Waals surface area contributed by atoms with Gasteiger partial charge in [-0.05, 0) is 24.3 Å². The van der Waals surface area contributed by atoms with Crippen molar-refractivity contribution in [1.82, 2.24) is 4.90 Å². The quantitative estimate of drug-likeness (QED) is 0.739. The Hall–Kier alpha value is -2.94. The molecule has 0 bridgehead atoms. The van der Waals surface area contributed by atoms with Crippen LogP contribution in [0.15, 0.2) is 47.1 Å². The molecule has 2 amide bonds. The van der Waals surface area contributed by atoms with Crippen molar-refractivity contribution in [2.24, 2.45) is 0 Å². The monoisotopic (exact) mass is 404 g/mol. The smallest absolute Gasteiger partial charge is 0.330 e. The van der Waals surface area contributed by atoms with Crippen LogP contribution in [-0.2, 0) is 19.1 Å². The van der Waals surface area contributed by atoms with Crippen LogP contribution in [-0.4, -0.2) is 48.2 Å². The molecule has 2 aromatic rings. The molecule has 0 saturated carbocycles. The largest absolute Gasteiger partial charge is 0.495 e. The number of benzene rings is 1. The highest BCUT2D eigenvalue weighted by Crippen LogP contribution is 2.41. The van der Waals surface area contributed by atoms with E-state index < -0.39 is 29.9 Å². The first-order chi connectivity index (χ1) is 13.5. The summed E-state index contributed by atoms with van der Waals surface area (Å²) in [6.07, 6.45) is 1.52. The van der Waals surface area contributed by atoms with Gasteiger partial charge in [-0.25, -0.2) is 4.79 Å². The minimum Gasteiger partial charge on any atom is -0.495 e. The molecule has 28 heavy (non-hydrogen) atoms. The maximum atomic E-state index is 12.5. The number of hydrogen-bond donors (Lipinski definition) is 1. The summed E-state index contributed by atoms with van der Waals surface area (Å²) in [5.74, 6) is 0.0415. The van der Waals surface area contributed by atoms with Crippen LogP contribution in [0.4, 0.5) is 5.69 Å². The summed E-state index contributed by atoms with van der Waals surface area (Å²) >= 11 is 1.41. The predicted octanol–water partition coefficient (Wildman–Crippen LogP) is 2.43. The van der Waals surface area contributed by atoms with Gasteiger partial charge in [0, 0.05) is 12.7 Å². The highest BCUT2D eigenvalue weighted by atomic mass is 32.2. The molecule has 9 heteroatoms. The SMILES string of the molecule is COc1ccccc1NC(=O)COC(=O)[C@H]1CS[C@@H](c2ccco2)N1C(C)=O. The van der Waals surface area contributed by atoms with Gasteiger partial charge >= 0.3 is 5.97 Å². The summed E-state index contributed by atoms with van der Waals surface area (Å²) in [5, 5.41) is 2.23. The topological polar surface area (TPSA) is 98.1 Å². The van der Waals surface area contributed by atoms with Crippen LogP contribution in [0.2, 0.25) is 0 Å². The summed E-state index contributed by atoms with van der Waals surface area (Å²) < 4.78 is 15.7. The number of esters is 1. The molecule has 8 nitrogen and oxygen atoms in total. The van der Waals surface area contributed by atoms with Gasteiger partial charge in [0.05, 0.1) is 19.1 Å². The van der Waals surface area contributed by atoms with Gasteiger partial charge in [0.2, 0.25) is 5.91 Å². The fraction of sp³-hybridized carbons (Fsp3) is 0.316. The Morgan fingerprint density at radius 1 is 1.25 bits per heavy atom. The lowest BCUT2D eigenvalue weighted by Gasteiger charge is -2.25. The second kappa shape index (κ2) is 8.83.